The normalized spacial score (nSPS) is 14.4. The number of amides is 1. The number of benzene rings is 3. The summed E-state index contributed by atoms with van der Waals surface area (Å²) in [7, 11) is -0.554. The van der Waals surface area contributed by atoms with Crippen molar-refractivity contribution in [2.45, 2.75) is 11.8 Å². The summed E-state index contributed by atoms with van der Waals surface area (Å²) in [5.41, 5.74) is 2.59. The zero-order valence-electron chi connectivity index (χ0n) is 20.3. The number of carbonyl (C=O) groups is 1. The highest BCUT2D eigenvalue weighted by atomic mass is 35.5. The molecule has 36 heavy (non-hydrogen) atoms. The lowest BCUT2D eigenvalue weighted by Crippen LogP contribution is -2.49. The fourth-order valence-electron chi connectivity index (χ4n) is 4.12. The lowest BCUT2D eigenvalue weighted by atomic mass is 10.1. The van der Waals surface area contributed by atoms with E-state index in [1.165, 1.54) is 18.5 Å². The molecule has 0 aromatic heterocycles. The first-order chi connectivity index (χ1) is 17.2. The lowest BCUT2D eigenvalue weighted by molar-refractivity contribution is 0.102. The molecule has 0 aliphatic carbocycles. The van der Waals surface area contributed by atoms with Crippen LogP contribution in [0.15, 0.2) is 65.6 Å². The average Bonchev–Trinajstić information content (AvgIpc) is 2.88. The van der Waals surface area contributed by atoms with Gasteiger partial charge >= 0.3 is 0 Å². The molecule has 0 saturated carbocycles. The number of rotatable bonds is 7. The second-order valence-electron chi connectivity index (χ2n) is 8.36. The standard InChI is InChI=1S/C26H28ClN3O5S/c1-18-7-10-20(11-8-18)36(32,33)30-15-13-29(14-16-30)25-21(27)5-4-6-22(25)28-26(31)19-9-12-23(34-2)24(17-19)35-3/h4-12,17H,13-16H2,1-3H3,(H,28,31). The molecular formula is C26H28ClN3O5S. The summed E-state index contributed by atoms with van der Waals surface area (Å²) in [4.78, 5) is 15.3. The summed E-state index contributed by atoms with van der Waals surface area (Å²) in [6, 6.07) is 17.0. The third kappa shape index (κ3) is 5.28. The number of ether oxygens (including phenoxy) is 2. The molecule has 8 nitrogen and oxygen atoms in total. The molecule has 1 fully saturated rings. The Morgan fingerprint density at radius 1 is 0.917 bits per heavy atom. The third-order valence-electron chi connectivity index (χ3n) is 6.09. The summed E-state index contributed by atoms with van der Waals surface area (Å²) in [6.45, 7) is 3.36. The van der Waals surface area contributed by atoms with Crippen LogP contribution in [0.1, 0.15) is 15.9 Å². The highest BCUT2D eigenvalue weighted by Gasteiger charge is 2.30. The quantitative estimate of drug-likeness (QED) is 0.487. The molecule has 0 bridgehead atoms. The zero-order chi connectivity index (χ0) is 25.9. The molecule has 0 spiro atoms. The van der Waals surface area contributed by atoms with Crippen LogP contribution in [0.3, 0.4) is 0 Å². The SMILES string of the molecule is COc1ccc(C(=O)Nc2cccc(Cl)c2N2CCN(S(=O)(=O)c3ccc(C)cc3)CC2)cc1OC. The third-order valence-corrected chi connectivity index (χ3v) is 8.31. The minimum absolute atomic E-state index is 0.280. The minimum atomic E-state index is -3.59. The first kappa shape index (κ1) is 25.8. The fraction of sp³-hybridized carbons (Fsp3) is 0.269. The van der Waals surface area contributed by atoms with Crippen molar-refractivity contribution in [2.24, 2.45) is 0 Å². The van der Waals surface area contributed by atoms with Crippen molar-refractivity contribution in [3.8, 4) is 11.5 Å². The molecule has 4 rings (SSSR count). The molecule has 1 N–H and O–H groups in total. The predicted molar refractivity (Wildman–Crippen MR) is 141 cm³/mol. The second kappa shape index (κ2) is 10.8. The molecule has 3 aromatic rings. The van der Waals surface area contributed by atoms with Crippen molar-refractivity contribution in [1.82, 2.24) is 4.31 Å². The van der Waals surface area contributed by atoms with E-state index in [1.54, 1.807) is 60.7 Å². The number of piperazine rings is 1. The Balaban J connectivity index is 1.52. The molecule has 1 heterocycles. The lowest BCUT2D eigenvalue weighted by Gasteiger charge is -2.36. The second-order valence-corrected chi connectivity index (χ2v) is 10.7. The first-order valence-electron chi connectivity index (χ1n) is 11.4. The molecule has 1 saturated heterocycles. The van der Waals surface area contributed by atoms with E-state index in [4.69, 9.17) is 21.1 Å². The van der Waals surface area contributed by atoms with Crippen molar-refractivity contribution in [2.75, 3.05) is 50.6 Å². The van der Waals surface area contributed by atoms with Gasteiger partial charge in [-0.25, -0.2) is 8.42 Å². The maximum absolute atomic E-state index is 13.1. The van der Waals surface area contributed by atoms with Crippen LogP contribution >= 0.6 is 11.6 Å². The van der Waals surface area contributed by atoms with Gasteiger partial charge in [-0.2, -0.15) is 4.31 Å². The molecule has 0 unspecified atom stereocenters. The van der Waals surface area contributed by atoms with Gasteiger partial charge in [-0.05, 0) is 49.4 Å². The van der Waals surface area contributed by atoms with Crippen molar-refractivity contribution in [3.05, 3.63) is 76.8 Å². The van der Waals surface area contributed by atoms with Crippen molar-refractivity contribution < 1.29 is 22.7 Å². The number of anilines is 2. The van der Waals surface area contributed by atoms with E-state index in [2.05, 4.69) is 5.32 Å². The van der Waals surface area contributed by atoms with Gasteiger partial charge in [-0.1, -0.05) is 35.4 Å². The topological polar surface area (TPSA) is 88.2 Å². The van der Waals surface area contributed by atoms with Crippen LogP contribution in [-0.4, -0.2) is 59.0 Å². The van der Waals surface area contributed by atoms with E-state index < -0.39 is 10.0 Å². The smallest absolute Gasteiger partial charge is 0.255 e. The summed E-state index contributed by atoms with van der Waals surface area (Å²) < 4.78 is 38.2. The molecule has 1 aliphatic heterocycles. The first-order valence-corrected chi connectivity index (χ1v) is 13.2. The van der Waals surface area contributed by atoms with Crippen LogP contribution < -0.4 is 19.7 Å². The number of nitrogens with one attached hydrogen (secondary N) is 1. The summed E-state index contributed by atoms with van der Waals surface area (Å²) in [6.07, 6.45) is 0. The van der Waals surface area contributed by atoms with E-state index in [9.17, 15) is 13.2 Å². The van der Waals surface area contributed by atoms with Crippen LogP contribution in [-0.2, 0) is 10.0 Å². The number of carbonyl (C=O) groups excluding carboxylic acids is 1. The number of methoxy groups -OCH3 is 2. The van der Waals surface area contributed by atoms with Gasteiger partial charge in [-0.15, -0.1) is 0 Å². The van der Waals surface area contributed by atoms with Crippen molar-refractivity contribution in [3.63, 3.8) is 0 Å². The molecule has 0 atom stereocenters. The summed E-state index contributed by atoms with van der Waals surface area (Å²) >= 11 is 6.56. The molecule has 3 aromatic carbocycles. The van der Waals surface area contributed by atoms with Crippen molar-refractivity contribution >= 4 is 38.9 Å². The van der Waals surface area contributed by atoms with Crippen LogP contribution in [0.5, 0.6) is 11.5 Å². The Labute approximate surface area is 216 Å². The van der Waals surface area contributed by atoms with Gasteiger partial charge in [-0.3, -0.25) is 4.79 Å². The maximum Gasteiger partial charge on any atom is 0.255 e. The molecule has 0 radical (unpaired) electrons. The number of halogens is 1. The number of aryl methyl sites for hydroxylation is 1. The van der Waals surface area contributed by atoms with Crippen LogP contribution in [0.4, 0.5) is 11.4 Å². The maximum atomic E-state index is 13.1. The highest BCUT2D eigenvalue weighted by Crippen LogP contribution is 2.36. The van der Waals surface area contributed by atoms with E-state index in [0.717, 1.165) is 5.56 Å². The van der Waals surface area contributed by atoms with Gasteiger partial charge in [0.2, 0.25) is 10.0 Å². The van der Waals surface area contributed by atoms with Crippen LogP contribution in [0.2, 0.25) is 5.02 Å². The molecule has 10 heteroatoms. The number of para-hydroxylation sites is 1. The average molecular weight is 530 g/mol. The van der Waals surface area contributed by atoms with Gasteiger partial charge in [0.25, 0.3) is 5.91 Å². The Hall–Kier alpha value is -3.27. The van der Waals surface area contributed by atoms with Crippen molar-refractivity contribution in [1.29, 1.82) is 0 Å². The van der Waals surface area contributed by atoms with E-state index in [-0.39, 0.29) is 10.8 Å². The Morgan fingerprint density at radius 3 is 2.22 bits per heavy atom. The Kier molecular flexibility index (Phi) is 7.73. The zero-order valence-corrected chi connectivity index (χ0v) is 21.9. The van der Waals surface area contributed by atoms with E-state index >= 15 is 0 Å². The van der Waals surface area contributed by atoms with E-state index in [1.807, 2.05) is 11.8 Å². The molecule has 1 amide bonds. The summed E-state index contributed by atoms with van der Waals surface area (Å²) in [5, 5.41) is 3.40. The van der Waals surface area contributed by atoms with Crippen LogP contribution in [0, 0.1) is 6.92 Å². The number of sulfonamides is 1. The minimum Gasteiger partial charge on any atom is -0.493 e. The molecule has 190 valence electrons. The number of hydrogen-bond acceptors (Lipinski definition) is 6. The Morgan fingerprint density at radius 2 is 1.58 bits per heavy atom. The Bertz CT molecular complexity index is 1350. The van der Waals surface area contributed by atoms with Gasteiger partial charge < -0.3 is 19.7 Å². The largest absolute Gasteiger partial charge is 0.493 e. The van der Waals surface area contributed by atoms with Gasteiger partial charge in [0.15, 0.2) is 11.5 Å². The monoisotopic (exact) mass is 529 g/mol. The number of nitrogens with zero attached hydrogens (tertiary/aromatic N) is 2. The summed E-state index contributed by atoms with van der Waals surface area (Å²) in [5.74, 6) is 0.637. The van der Waals surface area contributed by atoms with E-state index in [0.29, 0.717) is 59.6 Å². The van der Waals surface area contributed by atoms with Gasteiger partial charge in [0.05, 0.1) is 35.5 Å². The number of hydrogen-bond donors (Lipinski definition) is 1. The highest BCUT2D eigenvalue weighted by molar-refractivity contribution is 7.89. The van der Waals surface area contributed by atoms with Gasteiger partial charge in [0, 0.05) is 31.7 Å². The van der Waals surface area contributed by atoms with Gasteiger partial charge in [0.1, 0.15) is 0 Å². The molecule has 1 aliphatic rings. The predicted octanol–water partition coefficient (Wildman–Crippen LogP) is 4.43. The van der Waals surface area contributed by atoms with Crippen LogP contribution in [0.25, 0.3) is 0 Å². The molecular weight excluding hydrogens is 502 g/mol. The fourth-order valence-corrected chi connectivity index (χ4v) is 5.84.